The van der Waals surface area contributed by atoms with Gasteiger partial charge in [-0.25, -0.2) is 9.97 Å². The average molecular weight is 705 g/mol. The molecule has 2 aromatic heterocycles. The van der Waals surface area contributed by atoms with E-state index in [2.05, 4.69) is 194 Å². The third kappa shape index (κ3) is 4.52. The van der Waals surface area contributed by atoms with Crippen molar-refractivity contribution in [3.05, 3.63) is 216 Å². The second-order valence-electron chi connectivity index (χ2n) is 14.0. The number of nitrogens with zero attached hydrogens (tertiary/aromatic N) is 2. The Morgan fingerprint density at radius 1 is 0.407 bits per heavy atom. The summed E-state index contributed by atoms with van der Waals surface area (Å²) >= 11 is 1.77. The number of hydrogen-bond acceptors (Lipinski definition) is 3. The molecule has 0 aliphatic heterocycles. The molecule has 0 unspecified atom stereocenters. The maximum Gasteiger partial charge on any atom is 0.161 e. The third-order valence-corrected chi connectivity index (χ3v) is 12.4. The molecular formula is C51H32N2S. The normalized spacial score (nSPS) is 13.0. The van der Waals surface area contributed by atoms with Crippen LogP contribution in [-0.2, 0) is 5.41 Å². The fourth-order valence-corrected chi connectivity index (χ4v) is 10.0. The van der Waals surface area contributed by atoms with Crippen LogP contribution in [0.2, 0.25) is 0 Å². The second kappa shape index (κ2) is 12.2. The highest BCUT2D eigenvalue weighted by molar-refractivity contribution is 7.26. The van der Waals surface area contributed by atoms with Crippen molar-refractivity contribution in [1.82, 2.24) is 9.97 Å². The first kappa shape index (κ1) is 30.9. The quantitative estimate of drug-likeness (QED) is 0.178. The smallest absolute Gasteiger partial charge is 0.161 e. The van der Waals surface area contributed by atoms with E-state index < -0.39 is 5.41 Å². The number of rotatable bonds is 5. The lowest BCUT2D eigenvalue weighted by Crippen LogP contribution is -2.28. The van der Waals surface area contributed by atoms with E-state index in [4.69, 9.17) is 9.97 Å². The van der Waals surface area contributed by atoms with Crippen LogP contribution in [0, 0.1) is 0 Å². The SMILES string of the molecule is c1ccc(-c2nc(-c3cc4c(cc3-c3cccc5ccccc35)C(c3ccccc3)(c3ccccc3)c3ccccc3-4)nc3c2sc2ccccc23)cc1. The van der Waals surface area contributed by atoms with E-state index in [1.165, 1.54) is 48.9 Å². The molecule has 0 spiro atoms. The van der Waals surface area contributed by atoms with Gasteiger partial charge < -0.3 is 0 Å². The Labute approximate surface area is 317 Å². The van der Waals surface area contributed by atoms with E-state index in [0.717, 1.165) is 49.4 Å². The lowest BCUT2D eigenvalue weighted by Gasteiger charge is -2.34. The first-order valence-electron chi connectivity index (χ1n) is 18.4. The van der Waals surface area contributed by atoms with E-state index >= 15 is 0 Å². The van der Waals surface area contributed by atoms with Crippen molar-refractivity contribution in [2.75, 3.05) is 0 Å². The molecule has 11 rings (SSSR count). The summed E-state index contributed by atoms with van der Waals surface area (Å²) in [6.45, 7) is 0. The van der Waals surface area contributed by atoms with E-state index in [0.29, 0.717) is 0 Å². The molecule has 0 fully saturated rings. The van der Waals surface area contributed by atoms with Crippen LogP contribution in [0.25, 0.3) is 76.0 Å². The zero-order chi connectivity index (χ0) is 35.6. The summed E-state index contributed by atoms with van der Waals surface area (Å²) in [7, 11) is 0. The van der Waals surface area contributed by atoms with E-state index in [1.807, 2.05) is 0 Å². The molecule has 3 heteroatoms. The molecule has 1 aliphatic carbocycles. The van der Waals surface area contributed by atoms with Gasteiger partial charge in [0.05, 0.1) is 21.3 Å². The van der Waals surface area contributed by atoms with Gasteiger partial charge in [0.25, 0.3) is 0 Å². The Balaban J connectivity index is 1.31. The van der Waals surface area contributed by atoms with Crippen molar-refractivity contribution in [3.63, 3.8) is 0 Å². The van der Waals surface area contributed by atoms with Crippen LogP contribution in [0.15, 0.2) is 194 Å². The van der Waals surface area contributed by atoms with Crippen molar-refractivity contribution in [2.24, 2.45) is 0 Å². The van der Waals surface area contributed by atoms with Gasteiger partial charge in [-0.05, 0) is 73.5 Å². The number of benzene rings is 8. The zero-order valence-electron chi connectivity index (χ0n) is 29.3. The monoisotopic (exact) mass is 704 g/mol. The summed E-state index contributed by atoms with van der Waals surface area (Å²) in [6.07, 6.45) is 0. The molecule has 0 amide bonds. The molecule has 10 aromatic rings. The molecule has 0 radical (unpaired) electrons. The zero-order valence-corrected chi connectivity index (χ0v) is 30.1. The minimum atomic E-state index is -0.532. The standard InChI is InChI=1S/C51H32N2S/c1-4-18-34(19-5-1)47-49-48(40-27-13-15-30-46(40)54-49)53-50(52-47)43-31-42-39-26-12-14-29-44(39)51(35-21-6-2-7-22-35,36-23-8-3-9-24-36)45(42)32-41(43)38-28-16-20-33-17-10-11-25-37(33)38/h1-32H. The van der Waals surface area contributed by atoms with Crippen LogP contribution >= 0.6 is 11.3 Å². The average Bonchev–Trinajstić information content (AvgIpc) is 3.77. The Hall–Kier alpha value is -6.68. The van der Waals surface area contributed by atoms with Crippen LogP contribution in [0.1, 0.15) is 22.3 Å². The van der Waals surface area contributed by atoms with E-state index in [1.54, 1.807) is 11.3 Å². The molecule has 1 aliphatic rings. The molecule has 54 heavy (non-hydrogen) atoms. The van der Waals surface area contributed by atoms with Gasteiger partial charge in [-0.1, -0.05) is 176 Å². The third-order valence-electron chi connectivity index (χ3n) is 11.2. The van der Waals surface area contributed by atoms with Gasteiger partial charge in [0, 0.05) is 21.2 Å². The van der Waals surface area contributed by atoms with Gasteiger partial charge in [0.15, 0.2) is 5.82 Å². The summed E-state index contributed by atoms with van der Waals surface area (Å²) in [6, 6.07) is 70.4. The Bertz CT molecular complexity index is 2990. The lowest BCUT2D eigenvalue weighted by molar-refractivity contribution is 0.769. The molecule has 8 aromatic carbocycles. The van der Waals surface area contributed by atoms with Gasteiger partial charge in [-0.3, -0.25) is 0 Å². The predicted octanol–water partition coefficient (Wildman–Crippen LogP) is 13.4. The van der Waals surface area contributed by atoms with Crippen LogP contribution in [0.4, 0.5) is 0 Å². The first-order valence-corrected chi connectivity index (χ1v) is 19.2. The van der Waals surface area contributed by atoms with Crippen LogP contribution < -0.4 is 0 Å². The van der Waals surface area contributed by atoms with E-state index in [-0.39, 0.29) is 0 Å². The maximum absolute atomic E-state index is 5.54. The molecule has 2 heterocycles. The molecule has 0 saturated carbocycles. The summed E-state index contributed by atoms with van der Waals surface area (Å²) in [4.78, 5) is 11.1. The van der Waals surface area contributed by atoms with Gasteiger partial charge >= 0.3 is 0 Å². The molecule has 0 saturated heterocycles. The largest absolute Gasteiger partial charge is 0.226 e. The fraction of sp³-hybridized carbons (Fsp3) is 0.0196. The van der Waals surface area contributed by atoms with Crippen molar-refractivity contribution in [2.45, 2.75) is 5.41 Å². The van der Waals surface area contributed by atoms with Crippen LogP contribution in [-0.4, -0.2) is 9.97 Å². The Morgan fingerprint density at radius 3 is 1.80 bits per heavy atom. The van der Waals surface area contributed by atoms with Crippen LogP contribution in [0.5, 0.6) is 0 Å². The molecule has 2 nitrogen and oxygen atoms in total. The minimum Gasteiger partial charge on any atom is -0.226 e. The fourth-order valence-electron chi connectivity index (χ4n) is 8.86. The molecule has 0 atom stereocenters. The van der Waals surface area contributed by atoms with Gasteiger partial charge in [-0.2, -0.15) is 0 Å². The van der Waals surface area contributed by atoms with Crippen molar-refractivity contribution in [3.8, 4) is 44.9 Å². The number of hydrogen-bond donors (Lipinski definition) is 0. The predicted molar refractivity (Wildman–Crippen MR) is 226 cm³/mol. The van der Waals surface area contributed by atoms with Crippen molar-refractivity contribution in [1.29, 1.82) is 0 Å². The minimum absolute atomic E-state index is 0.532. The van der Waals surface area contributed by atoms with E-state index in [9.17, 15) is 0 Å². The molecule has 252 valence electrons. The summed E-state index contributed by atoms with van der Waals surface area (Å²) in [5.74, 6) is 0.727. The highest BCUT2D eigenvalue weighted by Crippen LogP contribution is 2.58. The summed E-state index contributed by atoms with van der Waals surface area (Å²) in [5.41, 5.74) is 13.3. The number of fused-ring (bicyclic) bond motifs is 7. The number of thiophene rings is 1. The Morgan fingerprint density at radius 2 is 1.02 bits per heavy atom. The summed E-state index contributed by atoms with van der Waals surface area (Å²) in [5, 5.41) is 3.56. The van der Waals surface area contributed by atoms with Crippen molar-refractivity contribution < 1.29 is 0 Å². The first-order chi connectivity index (χ1) is 26.8. The highest BCUT2D eigenvalue weighted by Gasteiger charge is 2.46. The topological polar surface area (TPSA) is 25.8 Å². The Kier molecular flexibility index (Phi) is 6.98. The second-order valence-corrected chi connectivity index (χ2v) is 15.1. The van der Waals surface area contributed by atoms with Gasteiger partial charge in [-0.15, -0.1) is 11.3 Å². The van der Waals surface area contributed by atoms with Crippen LogP contribution in [0.3, 0.4) is 0 Å². The number of aromatic nitrogens is 2. The van der Waals surface area contributed by atoms with Gasteiger partial charge in [0.1, 0.15) is 0 Å². The molecule has 0 bridgehead atoms. The maximum atomic E-state index is 5.54. The van der Waals surface area contributed by atoms with Crippen molar-refractivity contribution >= 4 is 42.4 Å². The highest BCUT2D eigenvalue weighted by atomic mass is 32.1. The van der Waals surface area contributed by atoms with Gasteiger partial charge in [0.2, 0.25) is 0 Å². The summed E-state index contributed by atoms with van der Waals surface area (Å²) < 4.78 is 2.32. The molecule has 0 N–H and O–H groups in total. The molecular weight excluding hydrogens is 673 g/mol. The lowest BCUT2D eigenvalue weighted by atomic mass is 9.67.